The molecule has 0 saturated heterocycles. The maximum Gasteiger partial charge on any atom is 0.325 e. The monoisotopic (exact) mass is 360 g/mol. The minimum Gasteiger partial charge on any atom is -0.480 e. The highest BCUT2D eigenvalue weighted by atomic mass is 16.4. The quantitative estimate of drug-likeness (QED) is 0.274. The van der Waals surface area contributed by atoms with Gasteiger partial charge in [0.1, 0.15) is 24.2 Å². The number of rotatable bonds is 9. The average Bonchev–Trinajstić information content (AvgIpc) is 2.50. The van der Waals surface area contributed by atoms with Gasteiger partial charge in [0.15, 0.2) is 0 Å². The van der Waals surface area contributed by atoms with Gasteiger partial charge in [0, 0.05) is 0 Å². The number of aliphatic carboxylic acids is 1. The van der Waals surface area contributed by atoms with E-state index in [1.54, 1.807) is 13.8 Å². The van der Waals surface area contributed by atoms with Gasteiger partial charge in [-0.3, -0.25) is 19.2 Å². The minimum atomic E-state index is -1.20. The van der Waals surface area contributed by atoms with E-state index in [9.17, 15) is 24.3 Å². The second-order valence-electron chi connectivity index (χ2n) is 6.30. The summed E-state index contributed by atoms with van der Waals surface area (Å²) in [4.78, 5) is 46.9. The van der Waals surface area contributed by atoms with E-state index in [4.69, 9.17) is 10.8 Å². The van der Waals surface area contributed by atoms with Gasteiger partial charge in [0.05, 0.1) is 6.10 Å². The molecular weight excluding hydrogens is 332 g/mol. The largest absolute Gasteiger partial charge is 0.480 e. The molecule has 0 spiro atoms. The molecule has 0 heterocycles. The molecule has 0 radical (unpaired) electrons. The fourth-order valence-corrected chi connectivity index (χ4v) is 1.77. The molecule has 10 heteroatoms. The van der Waals surface area contributed by atoms with Crippen LogP contribution in [-0.4, -0.2) is 64.2 Å². The lowest BCUT2D eigenvalue weighted by atomic mass is 10.0. The Hall–Kier alpha value is -2.20. The van der Waals surface area contributed by atoms with Crippen molar-refractivity contribution in [2.75, 3.05) is 0 Å². The number of nitrogens with one attached hydrogen (secondary N) is 3. The molecule has 0 aliphatic heterocycles. The topological polar surface area (TPSA) is 171 Å². The summed E-state index contributed by atoms with van der Waals surface area (Å²) in [5.41, 5.74) is 5.53. The van der Waals surface area contributed by atoms with Crippen LogP contribution in [0.4, 0.5) is 0 Å². The number of carboxylic acid groups (broad SMARTS) is 1. The fraction of sp³-hybridized carbons (Fsp3) is 0.733. The molecule has 0 fully saturated rings. The second-order valence-corrected chi connectivity index (χ2v) is 6.30. The third-order valence-corrected chi connectivity index (χ3v) is 3.55. The molecule has 7 N–H and O–H groups in total. The van der Waals surface area contributed by atoms with Crippen LogP contribution in [0.3, 0.4) is 0 Å². The normalized spacial score (nSPS) is 17.0. The third-order valence-electron chi connectivity index (χ3n) is 3.55. The van der Waals surface area contributed by atoms with Crippen molar-refractivity contribution in [3.63, 3.8) is 0 Å². The molecule has 3 amide bonds. The van der Waals surface area contributed by atoms with Gasteiger partial charge in [-0.1, -0.05) is 13.8 Å². The second kappa shape index (κ2) is 9.94. The van der Waals surface area contributed by atoms with E-state index >= 15 is 0 Å². The number of aliphatic hydroxyl groups excluding tert-OH is 1. The summed E-state index contributed by atoms with van der Waals surface area (Å²) in [6.45, 7) is 7.42. The lowest BCUT2D eigenvalue weighted by Crippen LogP contribution is -2.58. The molecule has 0 aromatic carbocycles. The van der Waals surface area contributed by atoms with Crippen molar-refractivity contribution in [3.8, 4) is 0 Å². The van der Waals surface area contributed by atoms with Gasteiger partial charge < -0.3 is 31.9 Å². The number of hydrogen-bond acceptors (Lipinski definition) is 6. The molecule has 10 nitrogen and oxygen atoms in total. The summed E-state index contributed by atoms with van der Waals surface area (Å²) in [5, 5.41) is 25.2. The molecule has 0 saturated carbocycles. The molecule has 5 unspecified atom stereocenters. The molecule has 144 valence electrons. The van der Waals surface area contributed by atoms with Gasteiger partial charge in [0.25, 0.3) is 0 Å². The van der Waals surface area contributed by atoms with Gasteiger partial charge in [-0.25, -0.2) is 0 Å². The lowest BCUT2D eigenvalue weighted by molar-refractivity contribution is -0.141. The number of amides is 3. The summed E-state index contributed by atoms with van der Waals surface area (Å²) in [6.07, 6.45) is -1.09. The zero-order valence-electron chi connectivity index (χ0n) is 15.1. The van der Waals surface area contributed by atoms with E-state index in [2.05, 4.69) is 16.0 Å². The van der Waals surface area contributed by atoms with Crippen LogP contribution < -0.4 is 21.7 Å². The van der Waals surface area contributed by atoms with Gasteiger partial charge >= 0.3 is 5.97 Å². The van der Waals surface area contributed by atoms with Crippen molar-refractivity contribution in [1.82, 2.24) is 16.0 Å². The van der Waals surface area contributed by atoms with Crippen molar-refractivity contribution < 1.29 is 29.4 Å². The Morgan fingerprint density at radius 3 is 1.68 bits per heavy atom. The SMILES string of the molecule is CC(NC(=O)C(C)NC(=O)C(NC(=O)C(N)C(C)O)C(C)C)C(=O)O. The predicted octanol–water partition coefficient (Wildman–Crippen LogP) is -2.07. The molecule has 0 aromatic heterocycles. The maximum atomic E-state index is 12.3. The van der Waals surface area contributed by atoms with Crippen LogP contribution in [0, 0.1) is 5.92 Å². The molecular formula is C15H28N4O6. The Bertz CT molecular complexity index is 508. The van der Waals surface area contributed by atoms with E-state index < -0.39 is 54.0 Å². The van der Waals surface area contributed by atoms with E-state index in [1.165, 1.54) is 20.8 Å². The highest BCUT2D eigenvalue weighted by molar-refractivity contribution is 5.94. The molecule has 0 aromatic rings. The smallest absolute Gasteiger partial charge is 0.325 e. The Kier molecular flexibility index (Phi) is 9.07. The van der Waals surface area contributed by atoms with Gasteiger partial charge in [-0.15, -0.1) is 0 Å². The van der Waals surface area contributed by atoms with Crippen LogP contribution in [0.5, 0.6) is 0 Å². The van der Waals surface area contributed by atoms with Crippen LogP contribution in [0.25, 0.3) is 0 Å². The zero-order valence-corrected chi connectivity index (χ0v) is 15.1. The van der Waals surface area contributed by atoms with Crippen molar-refractivity contribution in [1.29, 1.82) is 0 Å². The highest BCUT2D eigenvalue weighted by Gasteiger charge is 2.30. The van der Waals surface area contributed by atoms with Gasteiger partial charge in [-0.05, 0) is 26.7 Å². The van der Waals surface area contributed by atoms with E-state index in [0.29, 0.717) is 0 Å². The van der Waals surface area contributed by atoms with Crippen molar-refractivity contribution >= 4 is 23.7 Å². The predicted molar refractivity (Wildman–Crippen MR) is 89.3 cm³/mol. The molecule has 0 aliphatic carbocycles. The summed E-state index contributed by atoms with van der Waals surface area (Å²) in [5.74, 6) is -3.49. The van der Waals surface area contributed by atoms with E-state index in [-0.39, 0.29) is 5.92 Å². The number of hydrogen-bond donors (Lipinski definition) is 6. The highest BCUT2D eigenvalue weighted by Crippen LogP contribution is 2.04. The number of carbonyl (C=O) groups excluding carboxylic acids is 3. The number of aliphatic hydroxyl groups is 1. The maximum absolute atomic E-state index is 12.3. The molecule has 5 atom stereocenters. The first kappa shape index (κ1) is 22.8. The summed E-state index contributed by atoms with van der Waals surface area (Å²) in [7, 11) is 0. The van der Waals surface area contributed by atoms with Crippen LogP contribution in [0.2, 0.25) is 0 Å². The molecule has 0 bridgehead atoms. The first-order valence-electron chi connectivity index (χ1n) is 7.96. The van der Waals surface area contributed by atoms with Crippen molar-refractivity contribution in [3.05, 3.63) is 0 Å². The summed E-state index contributed by atoms with van der Waals surface area (Å²) >= 11 is 0. The molecule has 25 heavy (non-hydrogen) atoms. The van der Waals surface area contributed by atoms with Gasteiger partial charge in [-0.2, -0.15) is 0 Å². The number of nitrogens with two attached hydrogens (primary N) is 1. The average molecular weight is 360 g/mol. The summed E-state index contributed by atoms with van der Waals surface area (Å²) in [6, 6.07) is -4.26. The van der Waals surface area contributed by atoms with E-state index in [1.807, 2.05) is 0 Å². The third kappa shape index (κ3) is 7.48. The minimum absolute atomic E-state index is 0.307. The lowest BCUT2D eigenvalue weighted by Gasteiger charge is -2.26. The van der Waals surface area contributed by atoms with Crippen molar-refractivity contribution in [2.24, 2.45) is 11.7 Å². The Balaban J connectivity index is 4.87. The molecule has 0 aliphatic rings. The van der Waals surface area contributed by atoms with E-state index in [0.717, 1.165) is 0 Å². The number of carboxylic acids is 1. The Morgan fingerprint density at radius 1 is 0.800 bits per heavy atom. The first-order valence-corrected chi connectivity index (χ1v) is 7.96. The number of carbonyl (C=O) groups is 4. The standard InChI is InChI=1S/C15H28N4O6/c1-6(2)11(19-13(22)10(16)9(5)20)14(23)17-7(3)12(21)18-8(4)15(24)25/h6-11,20H,16H2,1-5H3,(H,17,23)(H,18,21)(H,19,22)(H,24,25). The van der Waals surface area contributed by atoms with Crippen LogP contribution in [0.1, 0.15) is 34.6 Å². The van der Waals surface area contributed by atoms with Crippen molar-refractivity contribution in [2.45, 2.75) is 64.9 Å². The Morgan fingerprint density at radius 2 is 1.28 bits per heavy atom. The first-order chi connectivity index (χ1) is 11.4. The van der Waals surface area contributed by atoms with Crippen LogP contribution >= 0.6 is 0 Å². The molecule has 0 rings (SSSR count). The van der Waals surface area contributed by atoms with Crippen LogP contribution in [0.15, 0.2) is 0 Å². The summed E-state index contributed by atoms with van der Waals surface area (Å²) < 4.78 is 0. The zero-order chi connectivity index (χ0) is 19.9. The fourth-order valence-electron chi connectivity index (χ4n) is 1.77. The van der Waals surface area contributed by atoms with Gasteiger partial charge in [0.2, 0.25) is 17.7 Å². The Labute approximate surface area is 146 Å². The van der Waals surface area contributed by atoms with Crippen LogP contribution in [-0.2, 0) is 19.2 Å².